The number of ether oxygens (including phenoxy) is 3. The number of nitrogens with one attached hydrogen (secondary N) is 2. The molecule has 0 radical (unpaired) electrons. The number of hydrogen-bond donors (Lipinski definition) is 2. The number of esters is 1. The molecular formula is C21H22N2O5. The molecule has 2 aliphatic heterocycles. The van der Waals surface area contributed by atoms with E-state index in [0.29, 0.717) is 37.4 Å². The van der Waals surface area contributed by atoms with Crippen LogP contribution in [0, 0.1) is 0 Å². The highest BCUT2D eigenvalue weighted by Crippen LogP contribution is 2.40. The van der Waals surface area contributed by atoms with Crippen LogP contribution in [0.15, 0.2) is 30.3 Å². The summed E-state index contributed by atoms with van der Waals surface area (Å²) < 4.78 is 16.3. The number of anilines is 1. The molecule has 2 aromatic rings. The molecule has 7 nitrogen and oxygen atoms in total. The minimum atomic E-state index is -0.497. The normalized spacial score (nSPS) is 13.8. The molecule has 2 heterocycles. The van der Waals surface area contributed by atoms with Crippen LogP contribution in [-0.2, 0) is 24.0 Å². The van der Waals surface area contributed by atoms with Gasteiger partial charge in [-0.1, -0.05) is 12.1 Å². The van der Waals surface area contributed by atoms with Gasteiger partial charge in [0.25, 0.3) is 0 Å². The van der Waals surface area contributed by atoms with Gasteiger partial charge in [0, 0.05) is 36.1 Å². The molecule has 146 valence electrons. The number of rotatable bonds is 5. The summed E-state index contributed by atoms with van der Waals surface area (Å²) in [6.45, 7) is 1.81. The SMILES string of the molecule is COC(=O)c1ccccc1NC(=O)NCCc1c2c(cc3c1OCC3)OCC2. The zero-order chi connectivity index (χ0) is 19.5. The molecule has 28 heavy (non-hydrogen) atoms. The molecule has 0 aromatic heterocycles. The second kappa shape index (κ2) is 7.80. The van der Waals surface area contributed by atoms with Crippen LogP contribution in [0.2, 0.25) is 0 Å². The van der Waals surface area contributed by atoms with Crippen molar-refractivity contribution >= 4 is 17.7 Å². The van der Waals surface area contributed by atoms with Crippen molar-refractivity contribution in [2.45, 2.75) is 19.3 Å². The topological polar surface area (TPSA) is 85.9 Å². The largest absolute Gasteiger partial charge is 0.493 e. The third-order valence-electron chi connectivity index (χ3n) is 5.00. The van der Waals surface area contributed by atoms with Gasteiger partial charge in [0.05, 0.1) is 31.6 Å². The van der Waals surface area contributed by atoms with E-state index in [-0.39, 0.29) is 6.03 Å². The van der Waals surface area contributed by atoms with E-state index in [1.165, 1.54) is 18.2 Å². The fourth-order valence-corrected chi connectivity index (χ4v) is 3.70. The molecule has 0 aliphatic carbocycles. The summed E-state index contributed by atoms with van der Waals surface area (Å²) in [4.78, 5) is 24.1. The summed E-state index contributed by atoms with van der Waals surface area (Å²) in [6, 6.07) is 8.43. The molecule has 0 bridgehead atoms. The molecule has 0 unspecified atom stereocenters. The van der Waals surface area contributed by atoms with E-state index in [4.69, 9.17) is 14.2 Å². The highest BCUT2D eigenvalue weighted by Gasteiger charge is 2.26. The smallest absolute Gasteiger partial charge is 0.339 e. The van der Waals surface area contributed by atoms with Crippen molar-refractivity contribution in [2.75, 3.05) is 32.2 Å². The van der Waals surface area contributed by atoms with Gasteiger partial charge in [0.2, 0.25) is 0 Å². The van der Waals surface area contributed by atoms with E-state index in [1.54, 1.807) is 24.3 Å². The third kappa shape index (κ3) is 3.47. The zero-order valence-electron chi connectivity index (χ0n) is 15.7. The second-order valence-corrected chi connectivity index (χ2v) is 6.69. The molecule has 7 heteroatoms. The van der Waals surface area contributed by atoms with Gasteiger partial charge in [-0.05, 0) is 24.6 Å². The molecular weight excluding hydrogens is 360 g/mol. The van der Waals surface area contributed by atoms with Gasteiger partial charge in [0.1, 0.15) is 11.5 Å². The maximum Gasteiger partial charge on any atom is 0.339 e. The summed E-state index contributed by atoms with van der Waals surface area (Å²) in [5.41, 5.74) is 4.19. The number of carbonyl (C=O) groups excluding carboxylic acids is 2. The van der Waals surface area contributed by atoms with Gasteiger partial charge < -0.3 is 24.8 Å². The predicted molar refractivity (Wildman–Crippen MR) is 103 cm³/mol. The monoisotopic (exact) mass is 382 g/mol. The van der Waals surface area contributed by atoms with Crippen molar-refractivity contribution in [3.05, 3.63) is 52.6 Å². The van der Waals surface area contributed by atoms with Crippen LogP contribution in [0.1, 0.15) is 27.0 Å². The first-order valence-corrected chi connectivity index (χ1v) is 9.33. The first kappa shape index (κ1) is 18.2. The summed E-state index contributed by atoms with van der Waals surface area (Å²) in [7, 11) is 1.31. The van der Waals surface area contributed by atoms with Gasteiger partial charge >= 0.3 is 12.0 Å². The van der Waals surface area contributed by atoms with Crippen LogP contribution in [0.3, 0.4) is 0 Å². The highest BCUT2D eigenvalue weighted by atomic mass is 16.5. The molecule has 2 aromatic carbocycles. The van der Waals surface area contributed by atoms with Gasteiger partial charge in [-0.25, -0.2) is 9.59 Å². The Kier molecular flexibility index (Phi) is 5.06. The van der Waals surface area contributed by atoms with Crippen molar-refractivity contribution < 1.29 is 23.8 Å². The molecule has 2 amide bonds. The number of carbonyl (C=O) groups is 2. The quantitative estimate of drug-likeness (QED) is 0.777. The van der Waals surface area contributed by atoms with Gasteiger partial charge in [-0.3, -0.25) is 0 Å². The van der Waals surface area contributed by atoms with E-state index >= 15 is 0 Å². The van der Waals surface area contributed by atoms with Crippen LogP contribution in [0.25, 0.3) is 0 Å². The molecule has 0 saturated carbocycles. The van der Waals surface area contributed by atoms with Crippen LogP contribution in [-0.4, -0.2) is 38.9 Å². The Labute approximate surface area is 163 Å². The Hall–Kier alpha value is -3.22. The van der Waals surface area contributed by atoms with Crippen molar-refractivity contribution in [1.29, 1.82) is 0 Å². The van der Waals surface area contributed by atoms with Crippen LogP contribution in [0.5, 0.6) is 11.5 Å². The minimum absolute atomic E-state index is 0.310. The fraction of sp³-hybridized carbons (Fsp3) is 0.333. The Morgan fingerprint density at radius 2 is 1.96 bits per heavy atom. The Balaban J connectivity index is 1.41. The van der Waals surface area contributed by atoms with E-state index in [2.05, 4.69) is 16.7 Å². The van der Waals surface area contributed by atoms with E-state index in [0.717, 1.165) is 29.9 Å². The minimum Gasteiger partial charge on any atom is -0.493 e. The highest BCUT2D eigenvalue weighted by molar-refractivity contribution is 6.00. The summed E-state index contributed by atoms with van der Waals surface area (Å²) in [6.07, 6.45) is 2.40. The van der Waals surface area contributed by atoms with E-state index < -0.39 is 5.97 Å². The summed E-state index contributed by atoms with van der Waals surface area (Å²) in [5, 5.41) is 5.56. The lowest BCUT2D eigenvalue weighted by Crippen LogP contribution is -2.31. The number of methoxy groups -OCH3 is 1. The first-order valence-electron chi connectivity index (χ1n) is 9.33. The predicted octanol–water partition coefficient (Wildman–Crippen LogP) is 2.71. The number of amides is 2. The summed E-state index contributed by atoms with van der Waals surface area (Å²) >= 11 is 0. The second-order valence-electron chi connectivity index (χ2n) is 6.69. The number of hydrogen-bond acceptors (Lipinski definition) is 5. The standard InChI is InChI=1S/C21H22N2O5/c1-26-20(24)16-4-2-3-5-17(16)23-21(25)22-9-6-15-14-8-11-27-18(14)12-13-7-10-28-19(13)15/h2-5,12H,6-11H2,1H3,(H2,22,23,25). The Morgan fingerprint density at radius 1 is 1.14 bits per heavy atom. The maximum absolute atomic E-state index is 12.3. The molecule has 0 atom stereocenters. The van der Waals surface area contributed by atoms with Gasteiger partial charge in [-0.15, -0.1) is 0 Å². The molecule has 2 aliphatic rings. The molecule has 2 N–H and O–H groups in total. The maximum atomic E-state index is 12.3. The lowest BCUT2D eigenvalue weighted by Gasteiger charge is -2.14. The Morgan fingerprint density at radius 3 is 2.82 bits per heavy atom. The van der Waals surface area contributed by atoms with Crippen LogP contribution in [0.4, 0.5) is 10.5 Å². The number of para-hydroxylation sites is 1. The third-order valence-corrected chi connectivity index (χ3v) is 5.00. The van der Waals surface area contributed by atoms with Crippen molar-refractivity contribution in [3.8, 4) is 11.5 Å². The van der Waals surface area contributed by atoms with E-state index in [9.17, 15) is 9.59 Å². The zero-order valence-corrected chi connectivity index (χ0v) is 15.7. The fourth-order valence-electron chi connectivity index (χ4n) is 3.70. The first-order chi connectivity index (χ1) is 13.7. The van der Waals surface area contributed by atoms with E-state index in [1.807, 2.05) is 0 Å². The van der Waals surface area contributed by atoms with Crippen LogP contribution >= 0.6 is 0 Å². The number of fused-ring (bicyclic) bond motifs is 2. The molecule has 0 fully saturated rings. The molecule has 0 spiro atoms. The summed E-state index contributed by atoms with van der Waals surface area (Å²) in [5.74, 6) is 1.39. The average Bonchev–Trinajstić information content (AvgIpc) is 3.36. The van der Waals surface area contributed by atoms with Gasteiger partial charge in [0.15, 0.2) is 0 Å². The van der Waals surface area contributed by atoms with Crippen molar-refractivity contribution in [3.63, 3.8) is 0 Å². The Bertz CT molecular complexity index is 893. The average molecular weight is 382 g/mol. The number of urea groups is 1. The van der Waals surface area contributed by atoms with Crippen LogP contribution < -0.4 is 20.1 Å². The van der Waals surface area contributed by atoms with Crippen molar-refractivity contribution in [2.24, 2.45) is 0 Å². The van der Waals surface area contributed by atoms with Gasteiger partial charge in [-0.2, -0.15) is 0 Å². The lowest BCUT2D eigenvalue weighted by molar-refractivity contribution is 0.0602. The number of benzene rings is 2. The lowest BCUT2D eigenvalue weighted by atomic mass is 9.97. The molecule has 0 saturated heterocycles. The van der Waals surface area contributed by atoms with Crippen molar-refractivity contribution in [1.82, 2.24) is 5.32 Å². The molecule has 4 rings (SSSR count).